The Kier molecular flexibility index (Phi) is 6.83. The van der Waals surface area contributed by atoms with Gasteiger partial charge in [-0.25, -0.2) is 15.0 Å². The third-order valence-corrected chi connectivity index (χ3v) is 11.1. The van der Waals surface area contributed by atoms with Crippen LogP contribution in [0.15, 0.2) is 192 Å². The molecule has 0 fully saturated rings. The van der Waals surface area contributed by atoms with E-state index in [0.717, 1.165) is 77.5 Å². The fourth-order valence-electron chi connectivity index (χ4n) is 8.55. The Morgan fingerprint density at radius 2 is 0.807 bits per heavy atom. The van der Waals surface area contributed by atoms with Crippen molar-refractivity contribution < 1.29 is 4.42 Å². The molecule has 0 aliphatic carbocycles. The Morgan fingerprint density at radius 1 is 0.298 bits per heavy atom. The van der Waals surface area contributed by atoms with Gasteiger partial charge < -0.3 is 13.6 Å². The predicted molar refractivity (Wildman–Crippen MR) is 232 cm³/mol. The van der Waals surface area contributed by atoms with Crippen LogP contribution in [0.4, 0.5) is 0 Å². The summed E-state index contributed by atoms with van der Waals surface area (Å²) in [5.74, 6) is 1.89. The second kappa shape index (κ2) is 12.3. The number of hydrogen-bond donors (Lipinski definition) is 0. The van der Waals surface area contributed by atoms with E-state index in [0.29, 0.717) is 17.5 Å². The van der Waals surface area contributed by atoms with Crippen molar-refractivity contribution in [2.45, 2.75) is 0 Å². The second-order valence-electron chi connectivity index (χ2n) is 14.5. The number of fused-ring (bicyclic) bond motifs is 9. The second-order valence-corrected chi connectivity index (χ2v) is 14.5. The van der Waals surface area contributed by atoms with Crippen molar-refractivity contribution in [3.8, 4) is 45.5 Å². The third-order valence-electron chi connectivity index (χ3n) is 11.1. The molecule has 0 unspecified atom stereocenters. The molecule has 266 valence electrons. The van der Waals surface area contributed by atoms with E-state index in [2.05, 4.69) is 124 Å². The monoisotopic (exact) mass is 729 g/mol. The van der Waals surface area contributed by atoms with E-state index in [1.165, 1.54) is 16.2 Å². The largest absolute Gasteiger partial charge is 0.456 e. The van der Waals surface area contributed by atoms with Gasteiger partial charge in [-0.3, -0.25) is 0 Å². The van der Waals surface area contributed by atoms with Crippen molar-refractivity contribution in [2.24, 2.45) is 0 Å². The van der Waals surface area contributed by atoms with Gasteiger partial charge in [0.1, 0.15) is 11.2 Å². The van der Waals surface area contributed by atoms with E-state index in [9.17, 15) is 0 Å². The van der Waals surface area contributed by atoms with E-state index < -0.39 is 0 Å². The summed E-state index contributed by atoms with van der Waals surface area (Å²) in [5, 5.41) is 6.92. The summed E-state index contributed by atoms with van der Waals surface area (Å²) >= 11 is 0. The molecule has 0 N–H and O–H groups in total. The third kappa shape index (κ3) is 4.94. The van der Waals surface area contributed by atoms with E-state index in [1.807, 2.05) is 72.8 Å². The number of furan rings is 1. The van der Waals surface area contributed by atoms with Gasteiger partial charge in [-0.05, 0) is 60.7 Å². The highest BCUT2D eigenvalue weighted by atomic mass is 16.3. The molecule has 4 heterocycles. The van der Waals surface area contributed by atoms with E-state index >= 15 is 0 Å². The van der Waals surface area contributed by atoms with Crippen LogP contribution in [0.5, 0.6) is 0 Å². The molecular weight excluding hydrogens is 699 g/mol. The van der Waals surface area contributed by atoms with E-state index in [4.69, 9.17) is 19.4 Å². The zero-order valence-electron chi connectivity index (χ0n) is 30.5. The van der Waals surface area contributed by atoms with Gasteiger partial charge in [0.05, 0.1) is 22.1 Å². The standard InChI is InChI=1S/C51H31N5O/c1-4-15-32(16-5-1)49-52-50(33-17-6-2-7-18-33)54-51(53-49)34-19-14-22-36(27-34)56-43-25-12-10-23-37(43)39-28-40-41-30-48-42(38-24-11-13-26-47(38)57-48)29-44(41)55(46(40)31-45(39)56)35-20-8-3-9-21-35/h1-31H. The first-order chi connectivity index (χ1) is 28.2. The molecule has 0 atom stereocenters. The minimum absolute atomic E-state index is 0.619. The Morgan fingerprint density at radius 3 is 1.53 bits per heavy atom. The Balaban J connectivity index is 1.12. The molecule has 12 aromatic rings. The van der Waals surface area contributed by atoms with Gasteiger partial charge in [-0.15, -0.1) is 0 Å². The minimum Gasteiger partial charge on any atom is -0.456 e. The summed E-state index contributed by atoms with van der Waals surface area (Å²) < 4.78 is 11.2. The quantitative estimate of drug-likeness (QED) is 0.177. The Hall–Kier alpha value is -7.83. The number of benzene rings is 8. The van der Waals surface area contributed by atoms with Crippen molar-refractivity contribution in [3.05, 3.63) is 188 Å². The SMILES string of the molecule is c1ccc(-c2nc(-c3ccccc3)nc(-c3cccc(-n4c5ccccc5c5cc6c7cc8oc9ccccc9c8cc7n(-c7ccccc7)c6cc54)c3)n2)cc1. The van der Waals surface area contributed by atoms with Gasteiger partial charge in [-0.2, -0.15) is 0 Å². The first kappa shape index (κ1) is 31.5. The zero-order chi connectivity index (χ0) is 37.5. The first-order valence-electron chi connectivity index (χ1n) is 19.1. The molecule has 0 spiro atoms. The van der Waals surface area contributed by atoms with Crippen LogP contribution < -0.4 is 0 Å². The van der Waals surface area contributed by atoms with Crippen molar-refractivity contribution in [1.82, 2.24) is 24.1 Å². The fraction of sp³-hybridized carbons (Fsp3) is 0. The summed E-state index contributed by atoms with van der Waals surface area (Å²) in [6.45, 7) is 0. The molecule has 0 amide bonds. The topological polar surface area (TPSA) is 61.7 Å². The van der Waals surface area contributed by atoms with Crippen LogP contribution in [0.1, 0.15) is 0 Å². The molecule has 6 heteroatoms. The smallest absolute Gasteiger partial charge is 0.164 e. The highest BCUT2D eigenvalue weighted by Gasteiger charge is 2.21. The maximum Gasteiger partial charge on any atom is 0.164 e. The molecule has 0 bridgehead atoms. The van der Waals surface area contributed by atoms with Crippen LogP contribution in [0, 0.1) is 0 Å². The molecule has 4 aromatic heterocycles. The normalized spacial score (nSPS) is 11.9. The Labute approximate surface area is 326 Å². The lowest BCUT2D eigenvalue weighted by Crippen LogP contribution is -2.01. The van der Waals surface area contributed by atoms with Crippen molar-refractivity contribution in [1.29, 1.82) is 0 Å². The molecule has 0 saturated carbocycles. The minimum atomic E-state index is 0.619. The summed E-state index contributed by atoms with van der Waals surface area (Å²) in [7, 11) is 0. The number of rotatable bonds is 5. The van der Waals surface area contributed by atoms with Crippen LogP contribution in [0.25, 0.3) is 111 Å². The summed E-state index contributed by atoms with van der Waals surface area (Å²) in [6, 6.07) is 65.6. The average molecular weight is 730 g/mol. The highest BCUT2D eigenvalue weighted by molar-refractivity contribution is 6.22. The number of hydrogen-bond acceptors (Lipinski definition) is 4. The molecule has 57 heavy (non-hydrogen) atoms. The van der Waals surface area contributed by atoms with Gasteiger partial charge in [0.25, 0.3) is 0 Å². The maximum atomic E-state index is 6.43. The zero-order valence-corrected chi connectivity index (χ0v) is 30.5. The number of aromatic nitrogens is 5. The molecule has 8 aromatic carbocycles. The van der Waals surface area contributed by atoms with Crippen LogP contribution in [-0.4, -0.2) is 24.1 Å². The summed E-state index contributed by atoms with van der Waals surface area (Å²) in [4.78, 5) is 15.0. The lowest BCUT2D eigenvalue weighted by molar-refractivity contribution is 0.669. The molecule has 0 saturated heterocycles. The Bertz CT molecular complexity index is 3450. The van der Waals surface area contributed by atoms with Crippen molar-refractivity contribution >= 4 is 65.6 Å². The molecule has 0 radical (unpaired) electrons. The maximum absolute atomic E-state index is 6.43. The van der Waals surface area contributed by atoms with E-state index in [-0.39, 0.29) is 0 Å². The molecule has 0 aliphatic rings. The lowest BCUT2D eigenvalue weighted by Gasteiger charge is -2.12. The molecule has 12 rings (SSSR count). The molecule has 0 aliphatic heterocycles. The predicted octanol–water partition coefficient (Wildman–Crippen LogP) is 13.0. The molecular formula is C51H31N5O. The first-order valence-corrected chi connectivity index (χ1v) is 19.1. The average Bonchev–Trinajstić information content (AvgIpc) is 3.92. The van der Waals surface area contributed by atoms with Gasteiger partial charge in [0.2, 0.25) is 0 Å². The fourth-order valence-corrected chi connectivity index (χ4v) is 8.55. The summed E-state index contributed by atoms with van der Waals surface area (Å²) in [6.07, 6.45) is 0. The van der Waals surface area contributed by atoms with Gasteiger partial charge in [0.15, 0.2) is 17.5 Å². The number of nitrogens with zero attached hydrogens (tertiary/aromatic N) is 5. The van der Waals surface area contributed by atoms with Crippen LogP contribution in [-0.2, 0) is 0 Å². The van der Waals surface area contributed by atoms with Crippen LogP contribution >= 0.6 is 0 Å². The van der Waals surface area contributed by atoms with E-state index in [1.54, 1.807) is 0 Å². The summed E-state index contributed by atoms with van der Waals surface area (Å²) in [5.41, 5.74) is 11.2. The van der Waals surface area contributed by atoms with Crippen molar-refractivity contribution in [2.75, 3.05) is 0 Å². The van der Waals surface area contributed by atoms with Crippen LogP contribution in [0.2, 0.25) is 0 Å². The van der Waals surface area contributed by atoms with Crippen molar-refractivity contribution in [3.63, 3.8) is 0 Å². The van der Waals surface area contributed by atoms with Gasteiger partial charge in [0, 0.05) is 60.4 Å². The van der Waals surface area contributed by atoms with Crippen LogP contribution in [0.3, 0.4) is 0 Å². The van der Waals surface area contributed by atoms with Gasteiger partial charge in [-0.1, -0.05) is 127 Å². The number of para-hydroxylation sites is 3. The lowest BCUT2D eigenvalue weighted by atomic mass is 10.1. The molecule has 6 nitrogen and oxygen atoms in total. The van der Waals surface area contributed by atoms with Gasteiger partial charge >= 0.3 is 0 Å². The highest BCUT2D eigenvalue weighted by Crippen LogP contribution is 2.42.